The first-order valence-corrected chi connectivity index (χ1v) is 4.45. The van der Waals surface area contributed by atoms with Gasteiger partial charge >= 0.3 is 0 Å². The molecule has 0 atom stereocenters. The molecule has 2 aromatic heterocycles. The van der Waals surface area contributed by atoms with Crippen molar-refractivity contribution >= 4 is 23.4 Å². The molecule has 2 rings (SSSR count). The van der Waals surface area contributed by atoms with Crippen LogP contribution in [0.1, 0.15) is 11.3 Å². The van der Waals surface area contributed by atoms with Crippen molar-refractivity contribution in [2.75, 3.05) is 6.54 Å². The number of halogens is 1. The van der Waals surface area contributed by atoms with Crippen molar-refractivity contribution in [3.05, 3.63) is 29.6 Å². The van der Waals surface area contributed by atoms with Gasteiger partial charge in [0.15, 0.2) is 0 Å². The van der Waals surface area contributed by atoms with E-state index in [0.29, 0.717) is 6.54 Å². The van der Waals surface area contributed by atoms with E-state index in [4.69, 9.17) is 5.73 Å². The predicted molar refractivity (Wildman–Crippen MR) is 60.8 cm³/mol. The molecule has 0 saturated carbocycles. The van der Waals surface area contributed by atoms with Crippen molar-refractivity contribution in [3.8, 4) is 0 Å². The Kier molecular flexibility index (Phi) is 3.49. The Morgan fingerprint density at radius 1 is 1.43 bits per heavy atom. The third kappa shape index (κ3) is 1.89. The Morgan fingerprint density at radius 2 is 2.21 bits per heavy atom. The monoisotopic (exact) mass is 211 g/mol. The Bertz CT molecular complexity index is 422. The first-order chi connectivity index (χ1) is 6.31. The summed E-state index contributed by atoms with van der Waals surface area (Å²) in [4.78, 5) is 7.53. The Morgan fingerprint density at radius 3 is 2.93 bits per heavy atom. The third-order valence-corrected chi connectivity index (χ3v) is 2.18. The Hall–Kier alpha value is -1.06. The highest BCUT2D eigenvalue weighted by atomic mass is 35.5. The lowest BCUT2D eigenvalue weighted by Crippen LogP contribution is -2.01. The quantitative estimate of drug-likeness (QED) is 0.796. The first-order valence-electron chi connectivity index (χ1n) is 4.45. The fraction of sp³-hybridized carbons (Fsp3) is 0.300. The molecule has 0 aliphatic carbocycles. The maximum atomic E-state index is 5.51. The van der Waals surface area contributed by atoms with E-state index < -0.39 is 0 Å². The van der Waals surface area contributed by atoms with E-state index in [1.807, 2.05) is 19.2 Å². The van der Waals surface area contributed by atoms with Gasteiger partial charge in [0.1, 0.15) is 5.65 Å². The van der Waals surface area contributed by atoms with Gasteiger partial charge in [-0.3, -0.25) is 0 Å². The van der Waals surface area contributed by atoms with Crippen LogP contribution in [0.4, 0.5) is 0 Å². The maximum absolute atomic E-state index is 5.51. The number of hydrogen-bond acceptors (Lipinski definition) is 2. The highest BCUT2D eigenvalue weighted by Gasteiger charge is 2.02. The van der Waals surface area contributed by atoms with Gasteiger partial charge in [0.05, 0.1) is 0 Å². The standard InChI is InChI=1S/C10H13N3.ClH/c1-7-2-3-9-8(4-5-11)6-12-10(9)13-7;/h2-3,6H,4-5,11H2,1H3,(H,12,13);1H. The van der Waals surface area contributed by atoms with Gasteiger partial charge in [-0.2, -0.15) is 0 Å². The van der Waals surface area contributed by atoms with Crippen molar-refractivity contribution in [1.29, 1.82) is 0 Å². The fourth-order valence-electron chi connectivity index (χ4n) is 1.52. The lowest BCUT2D eigenvalue weighted by molar-refractivity contribution is 0.976. The van der Waals surface area contributed by atoms with E-state index in [-0.39, 0.29) is 12.4 Å². The number of H-pyrrole nitrogens is 1. The van der Waals surface area contributed by atoms with Crippen LogP contribution in [-0.4, -0.2) is 16.5 Å². The number of pyridine rings is 1. The number of hydrogen-bond donors (Lipinski definition) is 2. The summed E-state index contributed by atoms with van der Waals surface area (Å²) < 4.78 is 0. The Balaban J connectivity index is 0.000000980. The second-order valence-electron chi connectivity index (χ2n) is 3.20. The molecule has 3 N–H and O–H groups in total. The normalized spacial score (nSPS) is 10.1. The number of aromatic nitrogens is 2. The third-order valence-electron chi connectivity index (χ3n) is 2.18. The van der Waals surface area contributed by atoms with Crippen LogP contribution in [0.15, 0.2) is 18.3 Å². The molecule has 0 fully saturated rings. The molecule has 0 bridgehead atoms. The second-order valence-corrected chi connectivity index (χ2v) is 3.20. The molecule has 0 aliphatic heterocycles. The number of fused-ring (bicyclic) bond motifs is 1. The minimum absolute atomic E-state index is 0. The summed E-state index contributed by atoms with van der Waals surface area (Å²) in [6.07, 6.45) is 2.90. The molecule has 0 spiro atoms. The van der Waals surface area contributed by atoms with Gasteiger partial charge in [-0.05, 0) is 37.6 Å². The maximum Gasteiger partial charge on any atom is 0.137 e. The lowest BCUT2D eigenvalue weighted by atomic mass is 10.1. The summed E-state index contributed by atoms with van der Waals surface area (Å²) in [6.45, 7) is 2.67. The summed E-state index contributed by atoms with van der Waals surface area (Å²) in [5.41, 5.74) is 8.76. The lowest BCUT2D eigenvalue weighted by Gasteiger charge is -1.95. The van der Waals surface area contributed by atoms with E-state index in [9.17, 15) is 0 Å². The Labute approximate surface area is 89.1 Å². The molecule has 0 saturated heterocycles. The number of nitrogens with one attached hydrogen (secondary N) is 1. The average Bonchev–Trinajstić information content (AvgIpc) is 2.49. The molecule has 2 aromatic rings. The first kappa shape index (κ1) is 11.0. The fourth-order valence-corrected chi connectivity index (χ4v) is 1.52. The molecular weight excluding hydrogens is 198 g/mol. The largest absolute Gasteiger partial charge is 0.346 e. The molecule has 0 aliphatic rings. The summed E-state index contributed by atoms with van der Waals surface area (Å²) in [7, 11) is 0. The van der Waals surface area contributed by atoms with E-state index in [2.05, 4.69) is 16.0 Å². The summed E-state index contributed by atoms with van der Waals surface area (Å²) in [5.74, 6) is 0. The van der Waals surface area contributed by atoms with E-state index in [1.54, 1.807) is 0 Å². The van der Waals surface area contributed by atoms with Gasteiger partial charge in [-0.15, -0.1) is 12.4 Å². The molecule has 2 heterocycles. The minimum atomic E-state index is 0. The zero-order chi connectivity index (χ0) is 9.26. The van der Waals surface area contributed by atoms with Gasteiger partial charge in [0, 0.05) is 17.3 Å². The van der Waals surface area contributed by atoms with Crippen molar-refractivity contribution in [1.82, 2.24) is 9.97 Å². The SMILES string of the molecule is Cc1ccc2c(CCN)c[nH]c2n1.Cl. The molecule has 0 amide bonds. The molecule has 76 valence electrons. The zero-order valence-corrected chi connectivity index (χ0v) is 8.90. The molecule has 0 unspecified atom stereocenters. The molecular formula is C10H14ClN3. The highest BCUT2D eigenvalue weighted by Crippen LogP contribution is 2.16. The van der Waals surface area contributed by atoms with Crippen molar-refractivity contribution < 1.29 is 0 Å². The van der Waals surface area contributed by atoms with Crippen LogP contribution in [-0.2, 0) is 6.42 Å². The van der Waals surface area contributed by atoms with Crippen molar-refractivity contribution in [2.24, 2.45) is 5.73 Å². The highest BCUT2D eigenvalue weighted by molar-refractivity contribution is 5.85. The van der Waals surface area contributed by atoms with Gasteiger partial charge in [-0.1, -0.05) is 0 Å². The van der Waals surface area contributed by atoms with Crippen LogP contribution in [0, 0.1) is 6.92 Å². The van der Waals surface area contributed by atoms with E-state index in [0.717, 1.165) is 17.8 Å². The van der Waals surface area contributed by atoms with Crippen LogP contribution < -0.4 is 5.73 Å². The van der Waals surface area contributed by atoms with Gasteiger partial charge in [-0.25, -0.2) is 4.98 Å². The van der Waals surface area contributed by atoms with E-state index >= 15 is 0 Å². The molecule has 3 nitrogen and oxygen atoms in total. The molecule has 0 radical (unpaired) electrons. The molecule has 14 heavy (non-hydrogen) atoms. The van der Waals surface area contributed by atoms with Gasteiger partial charge in [0.25, 0.3) is 0 Å². The van der Waals surface area contributed by atoms with Crippen molar-refractivity contribution in [3.63, 3.8) is 0 Å². The number of nitrogens with zero attached hydrogens (tertiary/aromatic N) is 1. The van der Waals surface area contributed by atoms with Crippen molar-refractivity contribution in [2.45, 2.75) is 13.3 Å². The average molecular weight is 212 g/mol. The topological polar surface area (TPSA) is 54.7 Å². The number of aryl methyl sites for hydroxylation is 1. The number of rotatable bonds is 2. The van der Waals surface area contributed by atoms with Crippen LogP contribution in [0.25, 0.3) is 11.0 Å². The number of nitrogens with two attached hydrogens (primary N) is 1. The van der Waals surface area contributed by atoms with Crippen LogP contribution in [0.2, 0.25) is 0 Å². The van der Waals surface area contributed by atoms with Gasteiger partial charge in [0.2, 0.25) is 0 Å². The summed E-state index contributed by atoms with van der Waals surface area (Å²) >= 11 is 0. The second kappa shape index (κ2) is 4.44. The zero-order valence-electron chi connectivity index (χ0n) is 8.08. The minimum Gasteiger partial charge on any atom is -0.346 e. The summed E-state index contributed by atoms with van der Waals surface area (Å²) in [6, 6.07) is 4.12. The smallest absolute Gasteiger partial charge is 0.137 e. The summed E-state index contributed by atoms with van der Waals surface area (Å²) in [5, 5.41) is 1.19. The van der Waals surface area contributed by atoms with Crippen LogP contribution in [0.5, 0.6) is 0 Å². The van der Waals surface area contributed by atoms with Crippen LogP contribution >= 0.6 is 12.4 Å². The molecule has 0 aromatic carbocycles. The number of aromatic amines is 1. The molecule has 4 heteroatoms. The predicted octanol–water partition coefficient (Wildman–Crippen LogP) is 1.79. The van der Waals surface area contributed by atoms with E-state index in [1.165, 1.54) is 10.9 Å². The van der Waals surface area contributed by atoms with Gasteiger partial charge < -0.3 is 10.7 Å². The van der Waals surface area contributed by atoms with Crippen LogP contribution in [0.3, 0.4) is 0 Å².